The standard InChI is InChI=1S/C20H28N2O2/c1-6-8-9-16(7-2)14-17-10-11-18-15-21(12-13-22(17)18)19(23)24-20(3,4)5/h6-11H,2,12-15H2,1,3-5H3/b8-6-,16-9+. The molecule has 130 valence electrons. The van der Waals surface area contributed by atoms with Crippen LogP contribution in [-0.4, -0.2) is 27.7 Å². The minimum atomic E-state index is -0.460. The van der Waals surface area contributed by atoms with Crippen molar-refractivity contribution in [2.45, 2.75) is 52.8 Å². The van der Waals surface area contributed by atoms with Crippen molar-refractivity contribution in [2.24, 2.45) is 0 Å². The maximum absolute atomic E-state index is 12.2. The average Bonchev–Trinajstić information content (AvgIpc) is 2.91. The van der Waals surface area contributed by atoms with E-state index in [1.54, 1.807) is 4.90 Å². The molecule has 4 heteroatoms. The molecule has 0 fully saturated rings. The lowest BCUT2D eigenvalue weighted by molar-refractivity contribution is 0.0198. The van der Waals surface area contributed by atoms with Gasteiger partial charge in [0.2, 0.25) is 0 Å². The summed E-state index contributed by atoms with van der Waals surface area (Å²) in [7, 11) is 0. The molecule has 1 aliphatic rings. The van der Waals surface area contributed by atoms with E-state index in [0.29, 0.717) is 13.1 Å². The molecule has 0 spiro atoms. The number of rotatable bonds is 4. The normalized spacial score (nSPS) is 15.5. The number of carbonyl (C=O) groups is 1. The van der Waals surface area contributed by atoms with Gasteiger partial charge in [-0.25, -0.2) is 4.79 Å². The van der Waals surface area contributed by atoms with Crippen LogP contribution in [0.5, 0.6) is 0 Å². The lowest BCUT2D eigenvalue weighted by Crippen LogP contribution is -2.41. The molecule has 24 heavy (non-hydrogen) atoms. The largest absolute Gasteiger partial charge is 0.444 e. The quantitative estimate of drug-likeness (QED) is 0.764. The molecule has 1 aromatic rings. The van der Waals surface area contributed by atoms with Crippen LogP contribution < -0.4 is 0 Å². The number of ether oxygens (including phenoxy) is 1. The summed E-state index contributed by atoms with van der Waals surface area (Å²) in [4.78, 5) is 14.0. The summed E-state index contributed by atoms with van der Waals surface area (Å²) in [5.41, 5.74) is 3.13. The fourth-order valence-electron chi connectivity index (χ4n) is 2.74. The summed E-state index contributed by atoms with van der Waals surface area (Å²) in [6.45, 7) is 13.6. The van der Waals surface area contributed by atoms with Gasteiger partial charge in [-0.1, -0.05) is 30.9 Å². The van der Waals surface area contributed by atoms with E-state index < -0.39 is 5.60 Å². The first kappa shape index (κ1) is 18.1. The molecule has 2 rings (SSSR count). The molecule has 0 N–H and O–H groups in total. The highest BCUT2D eigenvalue weighted by atomic mass is 16.6. The highest BCUT2D eigenvalue weighted by molar-refractivity contribution is 5.68. The lowest BCUT2D eigenvalue weighted by atomic mass is 10.1. The van der Waals surface area contributed by atoms with Crippen LogP contribution >= 0.6 is 0 Å². The van der Waals surface area contributed by atoms with Crippen molar-refractivity contribution in [3.05, 3.63) is 60.0 Å². The van der Waals surface area contributed by atoms with Gasteiger partial charge in [-0.3, -0.25) is 0 Å². The summed E-state index contributed by atoms with van der Waals surface area (Å²) >= 11 is 0. The highest BCUT2D eigenvalue weighted by Crippen LogP contribution is 2.21. The Morgan fingerprint density at radius 1 is 1.33 bits per heavy atom. The zero-order valence-electron chi connectivity index (χ0n) is 15.2. The predicted molar refractivity (Wildman–Crippen MR) is 97.9 cm³/mol. The third kappa shape index (κ3) is 4.63. The molecule has 1 amide bonds. The summed E-state index contributed by atoms with van der Waals surface area (Å²) in [5.74, 6) is 0. The van der Waals surface area contributed by atoms with Crippen molar-refractivity contribution in [1.82, 2.24) is 9.47 Å². The molecule has 0 saturated heterocycles. The predicted octanol–water partition coefficient (Wildman–Crippen LogP) is 4.47. The SMILES string of the molecule is C=C/C(=C\C=C/C)Cc1ccc2n1CCN(C(=O)OC(C)(C)C)C2. The third-order valence-electron chi connectivity index (χ3n) is 3.91. The van der Waals surface area contributed by atoms with Crippen LogP contribution in [0.1, 0.15) is 39.1 Å². The first-order valence-electron chi connectivity index (χ1n) is 8.43. The Morgan fingerprint density at radius 2 is 2.08 bits per heavy atom. The monoisotopic (exact) mass is 328 g/mol. The molecule has 1 aliphatic heterocycles. The smallest absolute Gasteiger partial charge is 0.410 e. The van der Waals surface area contributed by atoms with Gasteiger partial charge >= 0.3 is 6.09 Å². The molecule has 0 unspecified atom stereocenters. The molecule has 0 radical (unpaired) electrons. The first-order valence-corrected chi connectivity index (χ1v) is 8.43. The van der Waals surface area contributed by atoms with Crippen LogP contribution in [0.4, 0.5) is 4.79 Å². The fourth-order valence-corrected chi connectivity index (χ4v) is 2.74. The molecular weight excluding hydrogens is 300 g/mol. The zero-order valence-corrected chi connectivity index (χ0v) is 15.2. The minimum Gasteiger partial charge on any atom is -0.444 e. The van der Waals surface area contributed by atoms with Gasteiger partial charge in [-0.2, -0.15) is 0 Å². The highest BCUT2D eigenvalue weighted by Gasteiger charge is 2.26. The number of allylic oxidation sites excluding steroid dienone is 5. The number of fused-ring (bicyclic) bond motifs is 1. The molecule has 0 aliphatic carbocycles. The van der Waals surface area contributed by atoms with Gasteiger partial charge in [0, 0.05) is 30.9 Å². The minimum absolute atomic E-state index is 0.240. The van der Waals surface area contributed by atoms with Gasteiger partial charge < -0.3 is 14.2 Å². The van der Waals surface area contributed by atoms with Gasteiger partial charge in [0.15, 0.2) is 0 Å². The van der Waals surface area contributed by atoms with E-state index in [2.05, 4.69) is 29.4 Å². The van der Waals surface area contributed by atoms with Crippen molar-refractivity contribution >= 4 is 6.09 Å². The number of aromatic nitrogens is 1. The zero-order chi connectivity index (χ0) is 17.7. The number of hydrogen-bond acceptors (Lipinski definition) is 2. The van der Waals surface area contributed by atoms with E-state index in [0.717, 1.165) is 18.7 Å². The molecule has 0 saturated carbocycles. The van der Waals surface area contributed by atoms with Crippen molar-refractivity contribution in [2.75, 3.05) is 6.54 Å². The summed E-state index contributed by atoms with van der Waals surface area (Å²) in [5, 5.41) is 0. The number of carbonyl (C=O) groups excluding carboxylic acids is 1. The molecule has 0 aromatic carbocycles. The molecular formula is C20H28N2O2. The van der Waals surface area contributed by atoms with Gasteiger partial charge in [0.1, 0.15) is 5.60 Å². The molecule has 4 nitrogen and oxygen atoms in total. The Hall–Kier alpha value is -2.23. The lowest BCUT2D eigenvalue weighted by Gasteiger charge is -2.31. The van der Waals surface area contributed by atoms with Crippen molar-refractivity contribution in [3.8, 4) is 0 Å². The van der Waals surface area contributed by atoms with E-state index in [1.807, 2.05) is 45.9 Å². The van der Waals surface area contributed by atoms with E-state index in [9.17, 15) is 4.79 Å². The van der Waals surface area contributed by atoms with Gasteiger partial charge in [0.05, 0.1) is 6.54 Å². The molecule has 1 aromatic heterocycles. The van der Waals surface area contributed by atoms with Crippen LogP contribution in [0.2, 0.25) is 0 Å². The molecule has 0 bridgehead atoms. The van der Waals surface area contributed by atoms with Gasteiger partial charge in [-0.15, -0.1) is 0 Å². The average molecular weight is 328 g/mol. The van der Waals surface area contributed by atoms with Crippen molar-refractivity contribution < 1.29 is 9.53 Å². The van der Waals surface area contributed by atoms with E-state index >= 15 is 0 Å². The number of nitrogens with zero attached hydrogens (tertiary/aromatic N) is 2. The second-order valence-electron chi connectivity index (χ2n) is 7.02. The van der Waals surface area contributed by atoms with Gasteiger partial charge in [-0.05, 0) is 45.4 Å². The maximum Gasteiger partial charge on any atom is 0.410 e. The van der Waals surface area contributed by atoms with Crippen LogP contribution in [0.25, 0.3) is 0 Å². The second kappa shape index (κ2) is 7.56. The maximum atomic E-state index is 12.2. The number of hydrogen-bond donors (Lipinski definition) is 0. The van der Waals surface area contributed by atoms with Crippen LogP contribution in [0.3, 0.4) is 0 Å². The summed E-state index contributed by atoms with van der Waals surface area (Å²) in [6, 6.07) is 4.24. The van der Waals surface area contributed by atoms with E-state index in [1.165, 1.54) is 11.3 Å². The molecule has 2 heterocycles. The molecule has 0 atom stereocenters. The Morgan fingerprint density at radius 3 is 2.71 bits per heavy atom. The van der Waals surface area contributed by atoms with E-state index in [4.69, 9.17) is 4.74 Å². The Balaban J connectivity index is 2.09. The Labute approximate surface area is 145 Å². The Bertz CT molecular complexity index is 660. The van der Waals surface area contributed by atoms with Gasteiger partial charge in [0.25, 0.3) is 0 Å². The van der Waals surface area contributed by atoms with Crippen LogP contribution in [-0.2, 0) is 24.2 Å². The first-order chi connectivity index (χ1) is 11.3. The van der Waals surface area contributed by atoms with Crippen LogP contribution in [0.15, 0.2) is 48.6 Å². The van der Waals surface area contributed by atoms with Crippen molar-refractivity contribution in [3.63, 3.8) is 0 Å². The van der Waals surface area contributed by atoms with Crippen molar-refractivity contribution in [1.29, 1.82) is 0 Å². The number of amides is 1. The Kier molecular flexibility index (Phi) is 5.71. The second-order valence-corrected chi connectivity index (χ2v) is 7.02. The fraction of sp³-hybridized carbons (Fsp3) is 0.450. The summed E-state index contributed by atoms with van der Waals surface area (Å²) in [6.07, 6.45) is 8.63. The van der Waals surface area contributed by atoms with E-state index in [-0.39, 0.29) is 6.09 Å². The topological polar surface area (TPSA) is 34.5 Å². The third-order valence-corrected chi connectivity index (χ3v) is 3.91. The summed E-state index contributed by atoms with van der Waals surface area (Å²) < 4.78 is 7.77. The van der Waals surface area contributed by atoms with Crippen LogP contribution in [0, 0.1) is 0 Å².